The van der Waals surface area contributed by atoms with Crippen molar-refractivity contribution < 1.29 is 28.7 Å². The van der Waals surface area contributed by atoms with Crippen molar-refractivity contribution in [1.82, 2.24) is 25.8 Å². The van der Waals surface area contributed by atoms with Crippen LogP contribution in [0.2, 0.25) is 0 Å². The SMILES string of the molecule is CCC(C)[C@H](CC(=O)[C@@H](NC)C(C)C)C(=O)N(C)[C@H](CC(OC)c1nc(C(=O)N[C@@H](Cc2ccccc2)C(=O)C(=O)NC)cs1)C(C)C. The Morgan fingerprint density at radius 2 is 1.62 bits per heavy atom. The summed E-state index contributed by atoms with van der Waals surface area (Å²) in [6.07, 6.45) is 0.970. The van der Waals surface area contributed by atoms with E-state index in [2.05, 4.69) is 20.9 Å². The minimum Gasteiger partial charge on any atom is -0.374 e. The summed E-state index contributed by atoms with van der Waals surface area (Å²) >= 11 is 1.25. The molecule has 48 heavy (non-hydrogen) atoms. The highest BCUT2D eigenvalue weighted by Gasteiger charge is 2.36. The van der Waals surface area contributed by atoms with Crippen molar-refractivity contribution in [2.45, 2.75) is 91.5 Å². The maximum atomic E-state index is 14.1. The molecule has 0 aliphatic rings. The van der Waals surface area contributed by atoms with Crippen LogP contribution < -0.4 is 16.0 Å². The number of carbonyl (C=O) groups is 5. The van der Waals surface area contributed by atoms with Gasteiger partial charge in [-0.3, -0.25) is 24.0 Å². The number of carbonyl (C=O) groups excluding carboxylic acids is 5. The van der Waals surface area contributed by atoms with Crippen LogP contribution >= 0.6 is 11.3 Å². The number of hydrogen-bond donors (Lipinski definition) is 3. The Bertz CT molecular complexity index is 1360. The van der Waals surface area contributed by atoms with E-state index in [0.717, 1.165) is 12.0 Å². The van der Waals surface area contributed by atoms with Crippen LogP contribution in [0.3, 0.4) is 0 Å². The Labute approximate surface area is 290 Å². The van der Waals surface area contributed by atoms with Gasteiger partial charge >= 0.3 is 0 Å². The molecule has 0 saturated carbocycles. The van der Waals surface area contributed by atoms with E-state index < -0.39 is 35.7 Å². The smallest absolute Gasteiger partial charge is 0.289 e. The second-order valence-electron chi connectivity index (χ2n) is 13.1. The van der Waals surface area contributed by atoms with Crippen molar-refractivity contribution in [2.75, 3.05) is 28.3 Å². The van der Waals surface area contributed by atoms with Crippen molar-refractivity contribution in [3.63, 3.8) is 0 Å². The van der Waals surface area contributed by atoms with Crippen LogP contribution in [0.4, 0.5) is 0 Å². The largest absolute Gasteiger partial charge is 0.374 e. The number of likely N-dealkylation sites (N-methyl/N-ethyl adjacent to an activating group) is 2. The first kappa shape index (κ1) is 40.7. The van der Waals surface area contributed by atoms with Crippen molar-refractivity contribution in [1.29, 1.82) is 0 Å². The summed E-state index contributed by atoms with van der Waals surface area (Å²) in [5.74, 6) is -2.45. The number of amides is 3. The molecule has 266 valence electrons. The van der Waals surface area contributed by atoms with Gasteiger partial charge in [-0.25, -0.2) is 4.98 Å². The molecular weight excluding hydrogens is 630 g/mol. The third-order valence-electron chi connectivity index (χ3n) is 9.13. The summed E-state index contributed by atoms with van der Waals surface area (Å²) in [6.45, 7) is 12.1. The molecule has 1 aromatic heterocycles. The topological polar surface area (TPSA) is 147 Å². The van der Waals surface area contributed by atoms with Gasteiger partial charge in [0.25, 0.3) is 11.8 Å². The predicted molar refractivity (Wildman–Crippen MR) is 189 cm³/mol. The van der Waals surface area contributed by atoms with Crippen molar-refractivity contribution in [3.8, 4) is 0 Å². The zero-order valence-corrected chi connectivity index (χ0v) is 31.0. The maximum Gasteiger partial charge on any atom is 0.289 e. The van der Waals surface area contributed by atoms with E-state index in [1.165, 1.54) is 18.4 Å². The minimum absolute atomic E-state index is 0.0145. The van der Waals surface area contributed by atoms with Gasteiger partial charge in [0.15, 0.2) is 5.78 Å². The van der Waals surface area contributed by atoms with Crippen LogP contribution in [-0.4, -0.2) is 85.6 Å². The van der Waals surface area contributed by atoms with Crippen molar-refractivity contribution >= 4 is 40.6 Å². The zero-order valence-electron chi connectivity index (χ0n) is 30.2. The van der Waals surface area contributed by atoms with Crippen LogP contribution in [0.25, 0.3) is 0 Å². The van der Waals surface area contributed by atoms with Crippen LogP contribution in [0.15, 0.2) is 35.7 Å². The number of ketones is 2. The lowest BCUT2D eigenvalue weighted by Gasteiger charge is -2.37. The van der Waals surface area contributed by atoms with Gasteiger partial charge in [-0.05, 0) is 30.4 Å². The zero-order chi connectivity index (χ0) is 36.1. The van der Waals surface area contributed by atoms with Gasteiger partial charge in [-0.1, -0.05) is 78.3 Å². The van der Waals surface area contributed by atoms with Gasteiger partial charge in [-0.15, -0.1) is 11.3 Å². The number of thiazole rings is 1. The molecule has 1 aromatic carbocycles. The van der Waals surface area contributed by atoms with Gasteiger partial charge in [0.05, 0.1) is 6.04 Å². The highest BCUT2D eigenvalue weighted by molar-refractivity contribution is 7.09. The van der Waals surface area contributed by atoms with E-state index >= 15 is 0 Å². The monoisotopic (exact) mass is 685 g/mol. The number of nitrogens with one attached hydrogen (secondary N) is 3. The van der Waals surface area contributed by atoms with Gasteiger partial charge in [0, 0.05) is 57.8 Å². The minimum atomic E-state index is -1.08. The quantitative estimate of drug-likeness (QED) is 0.176. The molecule has 0 radical (unpaired) electrons. The van der Waals surface area contributed by atoms with E-state index in [-0.39, 0.29) is 60.1 Å². The fraction of sp³-hybridized carbons (Fsp3) is 0.611. The Kier molecular flexibility index (Phi) is 16.5. The fourth-order valence-electron chi connectivity index (χ4n) is 5.96. The molecule has 0 spiro atoms. The highest BCUT2D eigenvalue weighted by Crippen LogP contribution is 2.32. The molecule has 3 N–H and O–H groups in total. The lowest BCUT2D eigenvalue weighted by Crippen LogP contribution is -2.48. The normalized spacial score (nSPS) is 15.2. The highest BCUT2D eigenvalue weighted by atomic mass is 32.1. The van der Waals surface area contributed by atoms with Crippen LogP contribution in [0.5, 0.6) is 0 Å². The van der Waals surface area contributed by atoms with Gasteiger partial charge in [0.1, 0.15) is 22.8 Å². The molecule has 3 amide bonds. The first-order chi connectivity index (χ1) is 22.7. The maximum absolute atomic E-state index is 14.1. The summed E-state index contributed by atoms with van der Waals surface area (Å²) in [7, 11) is 6.49. The number of ether oxygens (including phenoxy) is 1. The number of rotatable bonds is 20. The summed E-state index contributed by atoms with van der Waals surface area (Å²) < 4.78 is 5.86. The van der Waals surface area contributed by atoms with Gasteiger partial charge < -0.3 is 25.6 Å². The first-order valence-corrected chi connectivity index (χ1v) is 17.6. The summed E-state index contributed by atoms with van der Waals surface area (Å²) in [5.41, 5.74) is 0.892. The number of methoxy groups -OCH3 is 1. The standard InChI is InChI=1S/C36H55N5O6S/c1-11-23(6)25(18-29(42)31(37-7)22(4)5)36(46)41(9)28(21(2)3)19-30(47-10)35-40-27(20-48-35)33(44)39-26(32(43)34(45)38-8)17-24-15-13-12-14-16-24/h12-16,20-23,25-26,28,30-31,37H,11,17-19H2,1-10H3,(H,38,45)(H,39,44)/t23?,25-,26-,28+,30?,31-/m0/s1. The molecule has 2 rings (SSSR count). The number of aromatic nitrogens is 1. The van der Waals surface area contributed by atoms with E-state index in [9.17, 15) is 24.0 Å². The van der Waals surface area contributed by atoms with Gasteiger partial charge in [0.2, 0.25) is 11.7 Å². The average Bonchev–Trinajstić information content (AvgIpc) is 3.56. The fourth-order valence-corrected chi connectivity index (χ4v) is 6.85. The number of benzene rings is 1. The third-order valence-corrected chi connectivity index (χ3v) is 10.1. The van der Waals surface area contributed by atoms with E-state index in [1.54, 1.807) is 31.5 Å². The Morgan fingerprint density at radius 1 is 0.979 bits per heavy atom. The molecule has 1 heterocycles. The molecule has 2 unspecified atom stereocenters. The van der Waals surface area contributed by atoms with E-state index in [1.807, 2.05) is 71.9 Å². The Balaban J connectivity index is 2.27. The lowest BCUT2D eigenvalue weighted by molar-refractivity contribution is -0.142. The van der Waals surface area contributed by atoms with Crippen molar-refractivity contribution in [2.24, 2.45) is 23.7 Å². The molecule has 0 aliphatic carbocycles. The molecule has 0 saturated heterocycles. The van der Waals surface area contributed by atoms with E-state index in [4.69, 9.17) is 4.74 Å². The molecule has 6 atom stereocenters. The predicted octanol–water partition coefficient (Wildman–Crippen LogP) is 4.23. The molecular formula is C36H55N5O6S. The Morgan fingerprint density at radius 3 is 2.15 bits per heavy atom. The second kappa shape index (κ2) is 19.5. The molecule has 12 heteroatoms. The summed E-state index contributed by atoms with van der Waals surface area (Å²) in [4.78, 5) is 71.9. The van der Waals surface area contributed by atoms with Crippen LogP contribution in [0.1, 0.15) is 88.0 Å². The molecule has 0 fully saturated rings. The summed E-state index contributed by atoms with van der Waals surface area (Å²) in [5, 5.41) is 10.3. The third kappa shape index (κ3) is 11.0. The molecule has 2 aromatic rings. The Hall–Kier alpha value is -3.48. The number of nitrogens with zero attached hydrogens (tertiary/aromatic N) is 2. The van der Waals surface area contributed by atoms with E-state index in [0.29, 0.717) is 11.4 Å². The number of Topliss-reactive ketones (excluding diaryl/α,β-unsaturated/α-hetero) is 2. The first-order valence-electron chi connectivity index (χ1n) is 16.8. The van der Waals surface area contributed by atoms with Crippen LogP contribution in [0, 0.1) is 23.7 Å². The van der Waals surface area contributed by atoms with Crippen molar-refractivity contribution in [3.05, 3.63) is 52.0 Å². The molecule has 0 aliphatic heterocycles. The lowest BCUT2D eigenvalue weighted by atomic mass is 9.82. The average molecular weight is 686 g/mol. The summed E-state index contributed by atoms with van der Waals surface area (Å²) in [6, 6.07) is 7.49. The number of hydrogen-bond acceptors (Lipinski definition) is 9. The molecule has 11 nitrogen and oxygen atoms in total. The van der Waals surface area contributed by atoms with Crippen LogP contribution in [-0.2, 0) is 30.3 Å². The van der Waals surface area contributed by atoms with Gasteiger partial charge in [-0.2, -0.15) is 0 Å². The molecule has 0 bridgehead atoms. The second-order valence-corrected chi connectivity index (χ2v) is 14.0.